The Morgan fingerprint density at radius 3 is 2.70 bits per heavy atom. The lowest BCUT2D eigenvalue weighted by atomic mass is 10.1. The van der Waals surface area contributed by atoms with Crippen LogP contribution in [0.4, 0.5) is 0 Å². The molecule has 0 bridgehead atoms. The second-order valence-corrected chi connectivity index (χ2v) is 7.33. The zero-order valence-corrected chi connectivity index (χ0v) is 16.5. The van der Waals surface area contributed by atoms with Crippen LogP contribution in [0.1, 0.15) is 21.5 Å². The number of halogens is 2. The third-order valence-electron chi connectivity index (χ3n) is 4.13. The Labute approximate surface area is 170 Å². The van der Waals surface area contributed by atoms with Crippen molar-refractivity contribution in [1.82, 2.24) is 0 Å². The van der Waals surface area contributed by atoms with Gasteiger partial charge in [0.05, 0.1) is 5.56 Å². The molecule has 0 spiro atoms. The van der Waals surface area contributed by atoms with Crippen molar-refractivity contribution < 1.29 is 14.3 Å². The minimum absolute atomic E-state index is 0.137. The predicted molar refractivity (Wildman–Crippen MR) is 109 cm³/mol. The Hall–Kier alpha value is -2.56. The molecule has 27 heavy (non-hydrogen) atoms. The number of rotatable bonds is 4. The van der Waals surface area contributed by atoms with Crippen LogP contribution in [0, 0.1) is 0 Å². The Balaban J connectivity index is 1.53. The first-order chi connectivity index (χ1) is 13.1. The fourth-order valence-electron chi connectivity index (χ4n) is 2.78. The average Bonchev–Trinajstić information content (AvgIpc) is 2.97. The average molecular weight is 442 g/mol. The fourth-order valence-corrected chi connectivity index (χ4v) is 3.40. The molecule has 3 nitrogen and oxygen atoms in total. The Bertz CT molecular complexity index is 1060. The SMILES string of the molecule is O=C1/C(=C/c2ccccc2Br)Oc2cc(OCc3cccc(Cl)c3)ccc21. The largest absolute Gasteiger partial charge is 0.489 e. The molecule has 3 aromatic rings. The summed E-state index contributed by atoms with van der Waals surface area (Å²) in [6.07, 6.45) is 1.74. The molecule has 1 aliphatic heterocycles. The summed E-state index contributed by atoms with van der Waals surface area (Å²) in [7, 11) is 0. The van der Waals surface area contributed by atoms with E-state index in [1.807, 2.05) is 48.5 Å². The van der Waals surface area contributed by atoms with Gasteiger partial charge in [-0.15, -0.1) is 0 Å². The van der Waals surface area contributed by atoms with Crippen molar-refractivity contribution in [2.75, 3.05) is 0 Å². The van der Waals surface area contributed by atoms with Crippen LogP contribution >= 0.6 is 27.5 Å². The monoisotopic (exact) mass is 440 g/mol. The highest BCUT2D eigenvalue weighted by Crippen LogP contribution is 2.35. The Kier molecular flexibility index (Phi) is 5.01. The van der Waals surface area contributed by atoms with Gasteiger partial charge in [0.2, 0.25) is 5.78 Å². The fraction of sp³-hybridized carbons (Fsp3) is 0.0455. The summed E-state index contributed by atoms with van der Waals surface area (Å²) in [4.78, 5) is 12.6. The molecule has 0 N–H and O–H groups in total. The summed E-state index contributed by atoms with van der Waals surface area (Å²) in [5, 5.41) is 0.667. The molecule has 3 aromatic carbocycles. The number of ether oxygens (including phenoxy) is 2. The summed E-state index contributed by atoms with van der Waals surface area (Å²) in [5.41, 5.74) is 2.38. The van der Waals surface area contributed by atoms with E-state index in [9.17, 15) is 4.79 Å². The topological polar surface area (TPSA) is 35.5 Å². The van der Waals surface area contributed by atoms with Crippen LogP contribution in [-0.4, -0.2) is 5.78 Å². The van der Waals surface area contributed by atoms with Crippen molar-refractivity contribution in [3.63, 3.8) is 0 Å². The van der Waals surface area contributed by atoms with Gasteiger partial charge in [-0.3, -0.25) is 4.79 Å². The van der Waals surface area contributed by atoms with Gasteiger partial charge >= 0.3 is 0 Å². The van der Waals surface area contributed by atoms with Crippen LogP contribution < -0.4 is 9.47 Å². The van der Waals surface area contributed by atoms with E-state index in [0.29, 0.717) is 34.5 Å². The van der Waals surface area contributed by atoms with Gasteiger partial charge in [0.25, 0.3) is 0 Å². The smallest absolute Gasteiger partial charge is 0.231 e. The number of ketones is 1. The first kappa shape index (κ1) is 17.8. The van der Waals surface area contributed by atoms with E-state index in [4.69, 9.17) is 21.1 Å². The minimum atomic E-state index is -0.137. The second-order valence-electron chi connectivity index (χ2n) is 6.04. The number of hydrogen-bond acceptors (Lipinski definition) is 3. The molecular weight excluding hydrogens is 428 g/mol. The maximum Gasteiger partial charge on any atom is 0.231 e. The van der Waals surface area contributed by atoms with Gasteiger partial charge < -0.3 is 9.47 Å². The molecule has 0 amide bonds. The molecule has 0 fully saturated rings. The quantitative estimate of drug-likeness (QED) is 0.446. The molecule has 1 aliphatic rings. The van der Waals surface area contributed by atoms with Crippen LogP contribution in [0.5, 0.6) is 11.5 Å². The van der Waals surface area contributed by atoms with E-state index >= 15 is 0 Å². The van der Waals surface area contributed by atoms with Crippen molar-refractivity contribution in [3.05, 3.63) is 98.7 Å². The van der Waals surface area contributed by atoms with Crippen molar-refractivity contribution in [1.29, 1.82) is 0 Å². The number of fused-ring (bicyclic) bond motifs is 1. The number of hydrogen-bond donors (Lipinski definition) is 0. The highest BCUT2D eigenvalue weighted by Gasteiger charge is 2.27. The second kappa shape index (κ2) is 7.59. The maximum atomic E-state index is 12.6. The molecule has 0 saturated carbocycles. The van der Waals surface area contributed by atoms with Crippen molar-refractivity contribution in [2.24, 2.45) is 0 Å². The molecular formula is C22H14BrClO3. The van der Waals surface area contributed by atoms with Gasteiger partial charge in [-0.05, 0) is 47.5 Å². The van der Waals surface area contributed by atoms with Crippen molar-refractivity contribution >= 4 is 39.4 Å². The third-order valence-corrected chi connectivity index (χ3v) is 5.09. The first-order valence-electron chi connectivity index (χ1n) is 8.30. The molecule has 0 saturated heterocycles. The highest BCUT2D eigenvalue weighted by molar-refractivity contribution is 9.10. The summed E-state index contributed by atoms with van der Waals surface area (Å²) < 4.78 is 12.5. The van der Waals surface area contributed by atoms with Crippen LogP contribution in [0.3, 0.4) is 0 Å². The van der Waals surface area contributed by atoms with E-state index in [0.717, 1.165) is 15.6 Å². The van der Waals surface area contributed by atoms with Gasteiger partial charge in [-0.25, -0.2) is 0 Å². The van der Waals surface area contributed by atoms with E-state index in [1.165, 1.54) is 0 Å². The van der Waals surface area contributed by atoms with Gasteiger partial charge in [0.1, 0.15) is 18.1 Å². The van der Waals surface area contributed by atoms with Crippen molar-refractivity contribution in [2.45, 2.75) is 6.61 Å². The first-order valence-corrected chi connectivity index (χ1v) is 9.47. The molecule has 5 heteroatoms. The summed E-state index contributed by atoms with van der Waals surface area (Å²) in [5.74, 6) is 1.29. The van der Waals surface area contributed by atoms with Crippen LogP contribution in [0.2, 0.25) is 5.02 Å². The Morgan fingerprint density at radius 2 is 1.89 bits per heavy atom. The Morgan fingerprint density at radius 1 is 1.04 bits per heavy atom. The number of allylic oxidation sites excluding steroid dienone is 1. The van der Waals surface area contributed by atoms with Crippen LogP contribution in [0.25, 0.3) is 6.08 Å². The minimum Gasteiger partial charge on any atom is -0.489 e. The van der Waals surface area contributed by atoms with Gasteiger partial charge in [-0.2, -0.15) is 0 Å². The molecule has 134 valence electrons. The lowest BCUT2D eigenvalue weighted by Crippen LogP contribution is -1.98. The van der Waals surface area contributed by atoms with E-state index in [1.54, 1.807) is 24.3 Å². The standard InChI is InChI=1S/C22H14BrClO3/c23-19-7-2-1-5-15(19)11-21-22(25)18-9-8-17(12-20(18)27-21)26-13-14-4-3-6-16(24)10-14/h1-12H,13H2/b21-11-. The van der Waals surface area contributed by atoms with Gasteiger partial charge in [0.15, 0.2) is 5.76 Å². The van der Waals surface area contributed by atoms with Crippen LogP contribution in [0.15, 0.2) is 77.0 Å². The summed E-state index contributed by atoms with van der Waals surface area (Å²) in [6.45, 7) is 0.382. The summed E-state index contributed by atoms with van der Waals surface area (Å²) in [6, 6.07) is 20.4. The molecule has 0 aromatic heterocycles. The van der Waals surface area contributed by atoms with Gasteiger partial charge in [0, 0.05) is 15.6 Å². The molecule has 1 heterocycles. The van der Waals surface area contributed by atoms with E-state index in [2.05, 4.69) is 15.9 Å². The number of carbonyl (C=O) groups is 1. The lowest BCUT2D eigenvalue weighted by molar-refractivity contribution is 0.101. The lowest BCUT2D eigenvalue weighted by Gasteiger charge is -2.07. The molecule has 0 aliphatic carbocycles. The molecule has 0 unspecified atom stereocenters. The van der Waals surface area contributed by atoms with Crippen molar-refractivity contribution in [3.8, 4) is 11.5 Å². The zero-order chi connectivity index (χ0) is 18.8. The third kappa shape index (κ3) is 3.92. The summed E-state index contributed by atoms with van der Waals surface area (Å²) >= 11 is 9.47. The van der Waals surface area contributed by atoms with E-state index in [-0.39, 0.29) is 5.78 Å². The number of benzene rings is 3. The maximum absolute atomic E-state index is 12.6. The zero-order valence-electron chi connectivity index (χ0n) is 14.1. The van der Waals surface area contributed by atoms with E-state index < -0.39 is 0 Å². The number of Topliss-reactive ketones (excluding diaryl/α,β-unsaturated/α-hetero) is 1. The van der Waals surface area contributed by atoms with Gasteiger partial charge in [-0.1, -0.05) is 57.9 Å². The number of carbonyl (C=O) groups excluding carboxylic acids is 1. The van der Waals surface area contributed by atoms with Crippen LogP contribution in [-0.2, 0) is 6.61 Å². The normalized spacial score (nSPS) is 14.1. The highest BCUT2D eigenvalue weighted by atomic mass is 79.9. The molecule has 0 radical (unpaired) electrons. The predicted octanol–water partition coefficient (Wildman–Crippen LogP) is 6.30. The molecule has 4 rings (SSSR count). The molecule has 0 atom stereocenters.